The number of nitrogen functional groups attached to an aromatic ring is 1. The van der Waals surface area contributed by atoms with Crippen molar-refractivity contribution in [1.82, 2.24) is 19.9 Å². The summed E-state index contributed by atoms with van der Waals surface area (Å²) in [5.74, 6) is -3.65. The normalized spacial score (nSPS) is 13.1. The van der Waals surface area contributed by atoms with Crippen molar-refractivity contribution in [2.24, 2.45) is 11.8 Å². The lowest BCUT2D eigenvalue weighted by Crippen LogP contribution is -2.36. The topological polar surface area (TPSA) is 185 Å². The number of benzene rings is 7. The Bertz CT molecular complexity index is 3790. The highest BCUT2D eigenvalue weighted by atomic mass is 127. The molecule has 7 aromatic carbocycles. The molecule has 0 aliphatic carbocycles. The largest absolute Gasteiger partial charge is 0.480 e. The molecule has 11 rings (SSSR count). The Labute approximate surface area is 562 Å². The molecule has 2 aromatic heterocycles. The van der Waals surface area contributed by atoms with Gasteiger partial charge >= 0.3 is 11.9 Å². The lowest BCUT2D eigenvalue weighted by molar-refractivity contribution is -0.160. The summed E-state index contributed by atoms with van der Waals surface area (Å²) in [6, 6.07) is 40.6. The predicted molar refractivity (Wildman–Crippen MR) is 361 cm³/mol. The molecule has 95 heavy (non-hydrogen) atoms. The fourth-order valence-electron chi connectivity index (χ4n) is 10.1. The van der Waals surface area contributed by atoms with E-state index in [0.29, 0.717) is 70.8 Å². The molecule has 0 saturated carbocycles. The fourth-order valence-corrected chi connectivity index (χ4v) is 10.1. The number of aromatic nitrogens is 4. The van der Waals surface area contributed by atoms with Crippen LogP contribution in [0.15, 0.2) is 189 Å². The highest BCUT2D eigenvalue weighted by molar-refractivity contribution is 14.0. The highest BCUT2D eigenvalue weighted by Gasteiger charge is 2.26. The number of halogens is 9. The molecule has 2 aliphatic rings. The number of anilines is 11. The van der Waals surface area contributed by atoms with Gasteiger partial charge in [-0.3, -0.25) is 19.8 Å². The van der Waals surface area contributed by atoms with E-state index in [1.165, 1.54) is 36.4 Å². The van der Waals surface area contributed by atoms with E-state index in [1.807, 2.05) is 112 Å². The van der Waals surface area contributed by atoms with Crippen LogP contribution in [-0.4, -0.2) is 95.2 Å². The molecule has 4 heterocycles. The van der Waals surface area contributed by atoms with Gasteiger partial charge in [-0.15, -0.1) is 24.0 Å². The van der Waals surface area contributed by atoms with Crippen LogP contribution in [0.1, 0.15) is 46.5 Å². The molecule has 2 fully saturated rings. The van der Waals surface area contributed by atoms with Crippen LogP contribution in [-0.2, 0) is 23.8 Å². The summed E-state index contributed by atoms with van der Waals surface area (Å²) >= 11 is 0. The molecule has 0 unspecified atom stereocenters. The number of nitrogens with zero attached hydrogens (tertiary/aromatic N) is 8. The van der Waals surface area contributed by atoms with Crippen molar-refractivity contribution in [3.05, 3.63) is 235 Å². The van der Waals surface area contributed by atoms with E-state index < -0.39 is 58.1 Å². The van der Waals surface area contributed by atoms with Gasteiger partial charge in [-0.05, 0) is 143 Å². The summed E-state index contributed by atoms with van der Waals surface area (Å²) in [4.78, 5) is 48.3. The van der Waals surface area contributed by atoms with Crippen LogP contribution in [0.3, 0.4) is 0 Å². The summed E-state index contributed by atoms with van der Waals surface area (Å²) in [6.07, 6.45) is 9.92. The van der Waals surface area contributed by atoms with E-state index in [0.717, 1.165) is 93.9 Å². The molecule has 500 valence electrons. The van der Waals surface area contributed by atoms with Gasteiger partial charge in [-0.25, -0.2) is 54.7 Å². The molecule has 25 heteroatoms. The summed E-state index contributed by atoms with van der Waals surface area (Å²) in [5.41, 5.74) is 7.88. The minimum absolute atomic E-state index is 0. The average Bonchev–Trinajstić information content (AvgIpc) is 0.814. The number of ether oxygens (including phenoxy) is 3. The fraction of sp³-hybridized carbons (Fsp3) is 0.257. The monoisotopic (exact) mass is 1430 g/mol. The minimum Gasteiger partial charge on any atom is -0.480 e. The number of hydrogen-bond acceptors (Lipinski definition) is 15. The Hall–Kier alpha value is -9.47. The van der Waals surface area contributed by atoms with Crippen molar-refractivity contribution in [3.63, 3.8) is 0 Å². The molecule has 0 spiro atoms. The second-order valence-electron chi connectivity index (χ2n) is 22.8. The third-order valence-electron chi connectivity index (χ3n) is 14.2. The van der Waals surface area contributed by atoms with Gasteiger partial charge in [0.25, 0.3) is 0 Å². The van der Waals surface area contributed by atoms with Crippen LogP contribution in [0.5, 0.6) is 0 Å². The lowest BCUT2D eigenvalue weighted by Gasteiger charge is -2.33. The smallest absolute Gasteiger partial charge is 0.332 e. The van der Waals surface area contributed by atoms with E-state index in [-0.39, 0.29) is 54.8 Å². The van der Waals surface area contributed by atoms with Crippen LogP contribution < -0.4 is 30.7 Å². The maximum atomic E-state index is 14.1. The van der Waals surface area contributed by atoms with Crippen LogP contribution in [0.25, 0.3) is 0 Å². The number of carboxylic acid groups (broad SMARTS) is 1. The van der Waals surface area contributed by atoms with Crippen molar-refractivity contribution in [1.29, 1.82) is 0 Å². The van der Waals surface area contributed by atoms with Gasteiger partial charge in [-0.1, -0.05) is 54.6 Å². The first-order valence-electron chi connectivity index (χ1n) is 29.9. The number of esters is 1. The van der Waals surface area contributed by atoms with E-state index >= 15 is 0 Å². The number of carbonyl (C=O) groups excluding carboxylic acids is 1. The second kappa shape index (κ2) is 35.7. The molecule has 0 amide bonds. The van der Waals surface area contributed by atoms with Gasteiger partial charge in [0.15, 0.2) is 11.6 Å². The van der Waals surface area contributed by atoms with Crippen LogP contribution in [0, 0.1) is 58.4 Å². The zero-order valence-corrected chi connectivity index (χ0v) is 54.4. The maximum absolute atomic E-state index is 14.1. The first-order valence-corrected chi connectivity index (χ1v) is 29.9. The van der Waals surface area contributed by atoms with Crippen LogP contribution in [0.4, 0.5) is 98.2 Å². The van der Waals surface area contributed by atoms with Crippen molar-refractivity contribution >= 4 is 99.0 Å². The van der Waals surface area contributed by atoms with Crippen molar-refractivity contribution in [2.75, 3.05) is 83.3 Å². The summed E-state index contributed by atoms with van der Waals surface area (Å²) in [5, 5.41) is 11.6. The molecular formula is C70H71F8IN10O6. The predicted octanol–water partition coefficient (Wildman–Crippen LogP) is 16.2. The number of hydrogen-bond donors (Lipinski definition) is 3. The number of nitrogens with one attached hydrogen (secondary N) is 1. The van der Waals surface area contributed by atoms with E-state index in [2.05, 4.69) is 25.1 Å². The van der Waals surface area contributed by atoms with Gasteiger partial charge in [-0.2, -0.15) is 0 Å². The Morgan fingerprint density at radius 3 is 1.23 bits per heavy atom. The molecule has 0 atom stereocenters. The van der Waals surface area contributed by atoms with Crippen molar-refractivity contribution in [3.8, 4) is 0 Å². The SMILES string of the molecule is CC(C)(C)OC(=O)COCC1CCN(c2cncc(N(c3ccccc3)c3cc(F)cc(F)c3)n2)CC1.Fc1cc(F)cc(Nc2ccccc2)c1.I.Nc1cc(F)cc(F)c1.O=C(O)COCC1CCN(c2cncc(N(c3ccccc3)c3cc(F)cc(F)c3)n2)CC1. The van der Waals surface area contributed by atoms with Gasteiger partial charge in [0.2, 0.25) is 0 Å². The Balaban J connectivity index is 0.000000199. The van der Waals surface area contributed by atoms with Gasteiger partial charge < -0.3 is 40.2 Å². The van der Waals surface area contributed by atoms with Gasteiger partial charge in [0, 0.05) is 78.9 Å². The third kappa shape index (κ3) is 23.8. The number of piperidine rings is 2. The number of para-hydroxylation sites is 3. The van der Waals surface area contributed by atoms with Gasteiger partial charge in [0.05, 0.1) is 49.4 Å². The molecule has 0 radical (unpaired) electrons. The highest BCUT2D eigenvalue weighted by Crippen LogP contribution is 2.37. The molecule has 0 bridgehead atoms. The number of aliphatic carboxylic acids is 1. The number of carbonyl (C=O) groups is 2. The number of rotatable bonds is 18. The first-order chi connectivity index (χ1) is 45.1. The minimum atomic E-state index is -0.972. The molecule has 16 nitrogen and oxygen atoms in total. The number of nitrogens with two attached hydrogens (primary N) is 1. The zero-order valence-electron chi connectivity index (χ0n) is 52.1. The molecule has 4 N–H and O–H groups in total. The van der Waals surface area contributed by atoms with Gasteiger partial charge in [0.1, 0.15) is 77.0 Å². The third-order valence-corrected chi connectivity index (χ3v) is 14.2. The molecule has 2 saturated heterocycles. The van der Waals surface area contributed by atoms with Crippen molar-refractivity contribution in [2.45, 2.75) is 52.1 Å². The van der Waals surface area contributed by atoms with E-state index in [4.69, 9.17) is 35.0 Å². The molecular weight excluding hydrogens is 1360 g/mol. The van der Waals surface area contributed by atoms with Crippen molar-refractivity contribution < 1.29 is 64.0 Å². The zero-order chi connectivity index (χ0) is 67.2. The summed E-state index contributed by atoms with van der Waals surface area (Å²) in [7, 11) is 0. The Kier molecular flexibility index (Phi) is 27.4. The quantitative estimate of drug-likeness (QED) is 0.0319. The summed E-state index contributed by atoms with van der Waals surface area (Å²) in [6.45, 7) is 8.99. The lowest BCUT2D eigenvalue weighted by atomic mass is 9.98. The average molecular weight is 1430 g/mol. The van der Waals surface area contributed by atoms with E-state index in [9.17, 15) is 44.7 Å². The molecule has 9 aromatic rings. The van der Waals surface area contributed by atoms with E-state index in [1.54, 1.807) is 34.6 Å². The molecule has 2 aliphatic heterocycles. The van der Waals surface area contributed by atoms with Crippen LogP contribution >= 0.6 is 24.0 Å². The number of carboxylic acids is 1. The second-order valence-corrected chi connectivity index (χ2v) is 22.8. The first kappa shape index (κ1) is 72.9. The summed E-state index contributed by atoms with van der Waals surface area (Å²) < 4.78 is 122. The standard InChI is InChI=1S/C28H32F2N4O3.C24H24F2N4O3.C12H9F2N.C6H5F2N.HI/c1-28(2,3)37-27(35)19-36-18-20-9-11-33(12-10-20)25-16-31-17-26(32-25)34(23-7-5-4-6-8-23)24-14-21(29)13-22(30)15-24;25-18-10-19(26)12-21(11-18)30(20-4-2-1-3-5-20)23-14-27-13-22(28-23)29-8-6-17(7-9-29)15-33-16-24(31)32;13-9-6-10(14)8-12(7-9)15-11-4-2-1-3-5-11;7-4-1-5(8)3-6(9)2-4;/h4-8,13-17,20H,9-12,18-19H2,1-3H3;1-5,10-14,17H,6-9,15-16H2,(H,31,32);1-8,15H;1-3H,9H2;1H. The Morgan fingerprint density at radius 1 is 0.505 bits per heavy atom. The maximum Gasteiger partial charge on any atom is 0.332 e. The van der Waals surface area contributed by atoms with Crippen LogP contribution in [0.2, 0.25) is 0 Å². The Morgan fingerprint density at radius 2 is 0.863 bits per heavy atom.